The molecule has 1 rings (SSSR count). The van der Waals surface area contributed by atoms with Gasteiger partial charge in [0.15, 0.2) is 11.5 Å². The highest BCUT2D eigenvalue weighted by atomic mass is 79.9. The van der Waals surface area contributed by atoms with E-state index >= 15 is 0 Å². The largest absolute Gasteiger partial charge is 0.504 e. The maximum atomic E-state index is 13.7. The zero-order chi connectivity index (χ0) is 12.5. The zero-order valence-corrected chi connectivity index (χ0v) is 11.1. The van der Waals surface area contributed by atoms with Crippen LogP contribution in [0, 0.1) is 5.82 Å². The maximum Gasteiger partial charge on any atom is 0.175 e. The second-order valence-electron chi connectivity index (χ2n) is 4.37. The molecule has 0 aliphatic heterocycles. The Morgan fingerprint density at radius 3 is 2.56 bits per heavy atom. The summed E-state index contributed by atoms with van der Waals surface area (Å²) in [5, 5.41) is 9.86. The molecule has 3 nitrogen and oxygen atoms in total. The summed E-state index contributed by atoms with van der Waals surface area (Å²) in [5.41, 5.74) is 5.38. The van der Waals surface area contributed by atoms with Gasteiger partial charge in [0.2, 0.25) is 0 Å². The molecule has 0 aliphatic carbocycles. The monoisotopic (exact) mass is 291 g/mol. The van der Waals surface area contributed by atoms with Crippen molar-refractivity contribution in [3.8, 4) is 11.5 Å². The fraction of sp³-hybridized carbons (Fsp3) is 0.455. The first kappa shape index (κ1) is 13.3. The third kappa shape index (κ3) is 2.86. The molecule has 0 saturated heterocycles. The molecule has 0 heterocycles. The van der Waals surface area contributed by atoms with Gasteiger partial charge in [0, 0.05) is 11.1 Å². The van der Waals surface area contributed by atoms with Gasteiger partial charge in [0.1, 0.15) is 5.82 Å². The number of benzene rings is 1. The minimum Gasteiger partial charge on any atom is -0.504 e. The SMILES string of the molecule is COc1c(Br)cc(F)c(CC(C)(C)N)c1O. The van der Waals surface area contributed by atoms with E-state index in [2.05, 4.69) is 15.9 Å². The summed E-state index contributed by atoms with van der Waals surface area (Å²) in [4.78, 5) is 0. The van der Waals surface area contributed by atoms with Crippen LogP contribution in [0.5, 0.6) is 11.5 Å². The first-order valence-corrected chi connectivity index (χ1v) is 5.58. The van der Waals surface area contributed by atoms with Gasteiger partial charge in [-0.1, -0.05) is 0 Å². The number of methoxy groups -OCH3 is 1. The highest BCUT2D eigenvalue weighted by Crippen LogP contribution is 2.39. The normalized spacial score (nSPS) is 11.6. The van der Waals surface area contributed by atoms with Crippen LogP contribution in [0.4, 0.5) is 4.39 Å². The lowest BCUT2D eigenvalue weighted by atomic mass is 9.95. The second kappa shape index (κ2) is 4.59. The molecule has 0 unspecified atom stereocenters. The van der Waals surface area contributed by atoms with Gasteiger partial charge < -0.3 is 15.6 Å². The molecule has 0 aliphatic rings. The van der Waals surface area contributed by atoms with E-state index in [1.807, 2.05) is 0 Å². The molecule has 16 heavy (non-hydrogen) atoms. The van der Waals surface area contributed by atoms with Crippen molar-refractivity contribution in [1.82, 2.24) is 0 Å². The molecule has 0 aromatic heterocycles. The predicted molar refractivity (Wildman–Crippen MR) is 64.3 cm³/mol. The summed E-state index contributed by atoms with van der Waals surface area (Å²) in [6.45, 7) is 3.53. The summed E-state index contributed by atoms with van der Waals surface area (Å²) < 4.78 is 19.0. The molecule has 3 N–H and O–H groups in total. The number of hydrogen-bond donors (Lipinski definition) is 2. The highest BCUT2D eigenvalue weighted by Gasteiger charge is 2.22. The van der Waals surface area contributed by atoms with Crippen molar-refractivity contribution in [2.45, 2.75) is 25.8 Å². The minimum absolute atomic E-state index is 0.174. The molecule has 0 saturated carbocycles. The Balaban J connectivity index is 3.28. The molecular weight excluding hydrogens is 277 g/mol. The third-order valence-corrected chi connectivity index (χ3v) is 2.69. The van der Waals surface area contributed by atoms with Gasteiger partial charge in [0.05, 0.1) is 11.6 Å². The van der Waals surface area contributed by atoms with Gasteiger partial charge in [0.25, 0.3) is 0 Å². The molecule has 0 radical (unpaired) electrons. The summed E-state index contributed by atoms with van der Waals surface area (Å²) >= 11 is 3.12. The quantitative estimate of drug-likeness (QED) is 0.900. The Hall–Kier alpha value is -0.810. The van der Waals surface area contributed by atoms with Gasteiger partial charge in [-0.2, -0.15) is 0 Å². The van der Waals surface area contributed by atoms with Crippen molar-refractivity contribution < 1.29 is 14.2 Å². The van der Waals surface area contributed by atoms with E-state index in [0.717, 1.165) is 0 Å². The van der Waals surface area contributed by atoms with Crippen molar-refractivity contribution in [2.75, 3.05) is 7.11 Å². The molecule has 0 fully saturated rings. The number of rotatable bonds is 3. The molecule has 5 heteroatoms. The zero-order valence-electron chi connectivity index (χ0n) is 9.47. The molecule has 0 amide bonds. The number of hydrogen-bond acceptors (Lipinski definition) is 3. The summed E-state index contributed by atoms with van der Waals surface area (Å²) in [5.74, 6) is -0.475. The number of phenols is 1. The number of ether oxygens (including phenoxy) is 1. The lowest BCUT2D eigenvalue weighted by Gasteiger charge is -2.20. The maximum absolute atomic E-state index is 13.7. The molecule has 1 aromatic carbocycles. The van der Waals surface area contributed by atoms with Gasteiger partial charge in [-0.3, -0.25) is 0 Å². The van der Waals surface area contributed by atoms with Crippen LogP contribution in [-0.4, -0.2) is 17.8 Å². The van der Waals surface area contributed by atoms with E-state index in [1.54, 1.807) is 13.8 Å². The molecule has 0 atom stereocenters. The minimum atomic E-state index is -0.600. The van der Waals surface area contributed by atoms with Crippen molar-refractivity contribution in [3.63, 3.8) is 0 Å². The number of phenolic OH excluding ortho intramolecular Hbond substituents is 1. The summed E-state index contributed by atoms with van der Waals surface area (Å²) in [6, 6.07) is 1.26. The van der Waals surface area contributed by atoms with Crippen LogP contribution < -0.4 is 10.5 Å². The number of halogens is 2. The van der Waals surface area contributed by atoms with E-state index in [0.29, 0.717) is 4.47 Å². The van der Waals surface area contributed by atoms with E-state index in [4.69, 9.17) is 10.5 Å². The lowest BCUT2D eigenvalue weighted by molar-refractivity contribution is 0.360. The topological polar surface area (TPSA) is 55.5 Å². The molecule has 90 valence electrons. The van der Waals surface area contributed by atoms with Crippen LogP contribution >= 0.6 is 15.9 Å². The van der Waals surface area contributed by atoms with E-state index < -0.39 is 11.4 Å². The standard InChI is InChI=1S/C11H15BrFNO2/c1-11(2,14)5-6-8(13)4-7(12)10(16-3)9(6)15/h4,15H,5,14H2,1-3H3. The van der Waals surface area contributed by atoms with Gasteiger partial charge in [-0.25, -0.2) is 4.39 Å². The smallest absolute Gasteiger partial charge is 0.175 e. The van der Waals surface area contributed by atoms with Crippen LogP contribution in [0.3, 0.4) is 0 Å². The van der Waals surface area contributed by atoms with Crippen molar-refractivity contribution in [1.29, 1.82) is 0 Å². The molecule has 0 bridgehead atoms. The van der Waals surface area contributed by atoms with Crippen LogP contribution in [0.2, 0.25) is 0 Å². The van der Waals surface area contributed by atoms with E-state index in [9.17, 15) is 9.50 Å². The second-order valence-corrected chi connectivity index (χ2v) is 5.22. The van der Waals surface area contributed by atoms with Crippen molar-refractivity contribution >= 4 is 15.9 Å². The van der Waals surface area contributed by atoms with Crippen molar-refractivity contribution in [3.05, 3.63) is 21.9 Å². The van der Waals surface area contributed by atoms with Gasteiger partial charge in [-0.05, 0) is 42.3 Å². The Morgan fingerprint density at radius 2 is 2.12 bits per heavy atom. The molecule has 1 aromatic rings. The Kier molecular flexibility index (Phi) is 3.80. The Labute approximate surface area is 103 Å². The number of nitrogens with two attached hydrogens (primary N) is 1. The molecular formula is C11H15BrFNO2. The summed E-state index contributed by atoms with van der Waals surface area (Å²) in [7, 11) is 1.41. The van der Waals surface area contributed by atoms with Crippen LogP contribution in [0.25, 0.3) is 0 Å². The third-order valence-electron chi connectivity index (χ3n) is 2.10. The van der Waals surface area contributed by atoms with E-state index in [1.165, 1.54) is 13.2 Å². The first-order chi connectivity index (χ1) is 7.26. The number of aromatic hydroxyl groups is 1. The Bertz CT molecular complexity index is 402. The van der Waals surface area contributed by atoms with Gasteiger partial charge >= 0.3 is 0 Å². The van der Waals surface area contributed by atoms with Crippen LogP contribution in [0.1, 0.15) is 19.4 Å². The fourth-order valence-electron chi connectivity index (χ4n) is 1.45. The summed E-state index contributed by atoms with van der Waals surface area (Å²) in [6.07, 6.45) is 0.230. The average Bonchev–Trinajstić information content (AvgIpc) is 2.11. The van der Waals surface area contributed by atoms with Gasteiger partial charge in [-0.15, -0.1) is 0 Å². The first-order valence-electron chi connectivity index (χ1n) is 4.79. The van der Waals surface area contributed by atoms with E-state index in [-0.39, 0.29) is 23.5 Å². The average molecular weight is 292 g/mol. The van der Waals surface area contributed by atoms with Crippen molar-refractivity contribution in [2.24, 2.45) is 5.73 Å². The highest BCUT2D eigenvalue weighted by molar-refractivity contribution is 9.10. The van der Waals surface area contributed by atoms with Crippen LogP contribution in [-0.2, 0) is 6.42 Å². The molecule has 0 spiro atoms. The Morgan fingerprint density at radius 1 is 1.56 bits per heavy atom. The lowest BCUT2D eigenvalue weighted by Crippen LogP contribution is -2.34. The van der Waals surface area contributed by atoms with Crippen LogP contribution in [0.15, 0.2) is 10.5 Å². The fourth-order valence-corrected chi connectivity index (χ4v) is 2.00. The predicted octanol–water partition coefficient (Wildman–Crippen LogP) is 2.58.